The van der Waals surface area contributed by atoms with Crippen LogP contribution in [0.25, 0.3) is 0 Å². The molecule has 226 valence electrons. The van der Waals surface area contributed by atoms with E-state index in [-0.39, 0.29) is 0 Å². The van der Waals surface area contributed by atoms with Crippen LogP contribution >= 0.6 is 0 Å². The molecule has 0 fully saturated rings. The molecule has 43 heavy (non-hydrogen) atoms. The Morgan fingerprint density at radius 2 is 0.977 bits per heavy atom. The van der Waals surface area contributed by atoms with Crippen molar-refractivity contribution in [1.82, 2.24) is 0 Å². The third-order valence-electron chi connectivity index (χ3n) is 6.52. The highest BCUT2D eigenvalue weighted by molar-refractivity contribution is 6.38. The lowest BCUT2D eigenvalue weighted by molar-refractivity contribution is -0.198. The molecule has 10 nitrogen and oxygen atoms in total. The predicted molar refractivity (Wildman–Crippen MR) is 154 cm³/mol. The van der Waals surface area contributed by atoms with Gasteiger partial charge in [0.05, 0.1) is 6.61 Å². The number of aliphatic hydroxyl groups is 1. The third kappa shape index (κ3) is 8.21. The highest BCUT2D eigenvalue weighted by Crippen LogP contribution is 2.40. The van der Waals surface area contributed by atoms with Crippen LogP contribution < -0.4 is 0 Å². The van der Waals surface area contributed by atoms with Gasteiger partial charge in [-0.2, -0.15) is 0 Å². The number of hydrogen-bond donors (Lipinski definition) is 1. The van der Waals surface area contributed by atoms with Crippen LogP contribution in [0.3, 0.4) is 0 Å². The van der Waals surface area contributed by atoms with E-state index in [0.29, 0.717) is 16.7 Å². The summed E-state index contributed by atoms with van der Waals surface area (Å²) in [5.41, 5.74) is 0.853. The van der Waals surface area contributed by atoms with Gasteiger partial charge < -0.3 is 24.1 Å². The summed E-state index contributed by atoms with van der Waals surface area (Å²) in [4.78, 5) is 61.0. The number of ether oxygens (including phenoxy) is 4. The van der Waals surface area contributed by atoms with Gasteiger partial charge in [-0.15, -0.1) is 0 Å². The molecule has 3 rings (SSSR count). The van der Waals surface area contributed by atoms with E-state index in [1.807, 2.05) is 91.0 Å². The quantitative estimate of drug-likeness (QED) is 0.129. The lowest BCUT2D eigenvalue weighted by Gasteiger charge is -2.38. The zero-order valence-corrected chi connectivity index (χ0v) is 24.3. The summed E-state index contributed by atoms with van der Waals surface area (Å²) in [6.45, 7) is 3.45. The number of Topliss-reactive ketones (excluding diaryl/α,β-unsaturated/α-hetero) is 2. The Balaban J connectivity index is 2.13. The zero-order chi connectivity index (χ0) is 31.6. The van der Waals surface area contributed by atoms with Gasteiger partial charge in [0.1, 0.15) is 11.7 Å². The summed E-state index contributed by atoms with van der Waals surface area (Å²) in [6.07, 6.45) is -7.41. The second kappa shape index (κ2) is 15.0. The van der Waals surface area contributed by atoms with Crippen LogP contribution in [0.2, 0.25) is 0 Å². The van der Waals surface area contributed by atoms with Gasteiger partial charge >= 0.3 is 17.9 Å². The summed E-state index contributed by atoms with van der Waals surface area (Å²) < 4.78 is 22.3. The number of ketones is 2. The number of carbonyl (C=O) groups is 5. The topological polar surface area (TPSA) is 142 Å². The van der Waals surface area contributed by atoms with Crippen molar-refractivity contribution in [3.05, 3.63) is 108 Å². The first-order valence-corrected chi connectivity index (χ1v) is 13.5. The number of esters is 3. The minimum atomic E-state index is -2.00. The maximum atomic E-state index is 12.8. The van der Waals surface area contributed by atoms with Crippen LogP contribution in [0.1, 0.15) is 44.4 Å². The average molecular weight is 591 g/mol. The van der Waals surface area contributed by atoms with Gasteiger partial charge in [-0.3, -0.25) is 24.0 Å². The summed E-state index contributed by atoms with van der Waals surface area (Å²) in [7, 11) is 0. The fourth-order valence-electron chi connectivity index (χ4n) is 4.77. The van der Waals surface area contributed by atoms with E-state index in [4.69, 9.17) is 18.9 Å². The van der Waals surface area contributed by atoms with Gasteiger partial charge in [0.2, 0.25) is 11.9 Å². The summed E-state index contributed by atoms with van der Waals surface area (Å²) in [5.74, 6) is -5.05. The zero-order valence-electron chi connectivity index (χ0n) is 24.3. The fraction of sp³-hybridized carbons (Fsp3) is 0.303. The van der Waals surface area contributed by atoms with E-state index in [1.165, 1.54) is 0 Å². The number of rotatable bonds is 14. The standard InChI is InChI=1S/C33H34O10/c1-21(34)29(39)31(42-23(3)36)32(43-24(4)37)30(41-22(2)35)28(38)20-40-33(25-14-8-5-9-15-25,26-16-10-6-11-17-26)27-18-12-7-13-19-27/h5-19,28,30-32,38H,20H2,1-4H3/t28-,30-,31+,32+/m1/s1. The Labute approximate surface area is 249 Å². The molecule has 0 aromatic heterocycles. The van der Waals surface area contributed by atoms with Crippen molar-refractivity contribution in [1.29, 1.82) is 0 Å². The molecule has 0 heterocycles. The minimum Gasteiger partial charge on any atom is -0.456 e. The lowest BCUT2D eigenvalue weighted by Crippen LogP contribution is -2.55. The van der Waals surface area contributed by atoms with E-state index in [0.717, 1.165) is 27.7 Å². The Morgan fingerprint density at radius 1 is 0.605 bits per heavy atom. The molecule has 0 amide bonds. The van der Waals surface area contributed by atoms with Gasteiger partial charge in [-0.05, 0) is 16.7 Å². The molecule has 4 atom stereocenters. The third-order valence-corrected chi connectivity index (χ3v) is 6.52. The monoisotopic (exact) mass is 590 g/mol. The first-order chi connectivity index (χ1) is 20.5. The summed E-state index contributed by atoms with van der Waals surface area (Å²) >= 11 is 0. The van der Waals surface area contributed by atoms with Gasteiger partial charge in [0.25, 0.3) is 0 Å². The molecular weight excluding hydrogens is 556 g/mol. The van der Waals surface area contributed by atoms with Crippen molar-refractivity contribution in [2.75, 3.05) is 6.61 Å². The molecular formula is C33H34O10. The SMILES string of the molecule is CC(=O)O[C@@H]([C@H](OC(C)=O)[C@@H](OC(C)=O)C(=O)C(C)=O)[C@H](O)COC(c1ccccc1)(c1ccccc1)c1ccccc1. The average Bonchev–Trinajstić information content (AvgIpc) is 2.99. The number of aliphatic hydroxyl groups excluding tert-OH is 1. The second-order valence-electron chi connectivity index (χ2n) is 9.76. The normalized spacial score (nSPS) is 14.0. The van der Waals surface area contributed by atoms with Crippen molar-refractivity contribution in [2.24, 2.45) is 0 Å². The number of carbonyl (C=O) groups excluding carboxylic acids is 5. The van der Waals surface area contributed by atoms with Crippen LogP contribution in [-0.2, 0) is 48.5 Å². The summed E-state index contributed by atoms with van der Waals surface area (Å²) in [5, 5.41) is 11.5. The Kier molecular flexibility index (Phi) is 11.4. The van der Waals surface area contributed by atoms with E-state index < -0.39 is 66.1 Å². The lowest BCUT2D eigenvalue weighted by atomic mass is 9.80. The largest absolute Gasteiger partial charge is 0.456 e. The van der Waals surface area contributed by atoms with E-state index >= 15 is 0 Å². The Bertz CT molecular complexity index is 1310. The van der Waals surface area contributed by atoms with Crippen LogP contribution in [0, 0.1) is 0 Å². The predicted octanol–water partition coefficient (Wildman–Crippen LogP) is 3.31. The molecule has 1 N–H and O–H groups in total. The fourth-order valence-corrected chi connectivity index (χ4v) is 4.77. The Hall–Kier alpha value is -4.67. The van der Waals surface area contributed by atoms with Crippen molar-refractivity contribution >= 4 is 29.5 Å². The Morgan fingerprint density at radius 3 is 1.33 bits per heavy atom. The van der Waals surface area contributed by atoms with Crippen molar-refractivity contribution in [2.45, 2.75) is 57.7 Å². The van der Waals surface area contributed by atoms with Crippen molar-refractivity contribution in [3.63, 3.8) is 0 Å². The maximum absolute atomic E-state index is 12.8. The van der Waals surface area contributed by atoms with Gasteiger partial charge in [-0.25, -0.2) is 0 Å². The molecule has 0 radical (unpaired) electrons. The van der Waals surface area contributed by atoms with Crippen molar-refractivity contribution < 1.29 is 48.0 Å². The first kappa shape index (κ1) is 32.8. The molecule has 0 saturated carbocycles. The maximum Gasteiger partial charge on any atom is 0.303 e. The molecule has 0 aliphatic carbocycles. The number of hydrogen-bond acceptors (Lipinski definition) is 10. The molecule has 0 aliphatic rings. The van der Waals surface area contributed by atoms with Crippen LogP contribution in [0.4, 0.5) is 0 Å². The van der Waals surface area contributed by atoms with Gasteiger partial charge in [0.15, 0.2) is 18.0 Å². The highest BCUT2D eigenvalue weighted by Gasteiger charge is 2.47. The van der Waals surface area contributed by atoms with Gasteiger partial charge in [0, 0.05) is 27.7 Å². The minimum absolute atomic E-state index is 0.532. The first-order valence-electron chi connectivity index (χ1n) is 13.5. The van der Waals surface area contributed by atoms with E-state index in [9.17, 15) is 29.1 Å². The molecule has 3 aromatic rings. The molecule has 0 unspecified atom stereocenters. The number of benzene rings is 3. The van der Waals surface area contributed by atoms with Crippen LogP contribution in [0.5, 0.6) is 0 Å². The highest BCUT2D eigenvalue weighted by atomic mass is 16.6. The molecule has 0 aliphatic heterocycles. The molecule has 0 spiro atoms. The van der Waals surface area contributed by atoms with E-state index in [2.05, 4.69) is 0 Å². The van der Waals surface area contributed by atoms with Crippen LogP contribution in [-0.4, -0.2) is 65.6 Å². The molecule has 10 heteroatoms. The molecule has 0 bridgehead atoms. The van der Waals surface area contributed by atoms with Gasteiger partial charge in [-0.1, -0.05) is 91.0 Å². The molecule has 3 aromatic carbocycles. The van der Waals surface area contributed by atoms with Crippen molar-refractivity contribution in [3.8, 4) is 0 Å². The van der Waals surface area contributed by atoms with E-state index in [1.54, 1.807) is 0 Å². The second-order valence-corrected chi connectivity index (χ2v) is 9.76. The summed E-state index contributed by atoms with van der Waals surface area (Å²) in [6, 6.07) is 27.7. The smallest absolute Gasteiger partial charge is 0.303 e. The molecule has 0 saturated heterocycles. The van der Waals surface area contributed by atoms with Crippen LogP contribution in [0.15, 0.2) is 91.0 Å².